The first kappa shape index (κ1) is 25.0. The average molecular weight is 509 g/mol. The third-order valence-electron chi connectivity index (χ3n) is 6.23. The molecule has 0 saturated heterocycles. The number of nitrogens with zero attached hydrogens (tertiary/aromatic N) is 5. The van der Waals surface area contributed by atoms with Gasteiger partial charge in [0.1, 0.15) is 17.0 Å². The first-order valence-corrected chi connectivity index (χ1v) is 12.3. The summed E-state index contributed by atoms with van der Waals surface area (Å²) in [4.78, 5) is 18.9. The smallest absolute Gasteiger partial charge is 0.135 e. The van der Waals surface area contributed by atoms with Crippen molar-refractivity contribution in [2.45, 2.75) is 6.92 Å². The quantitative estimate of drug-likeness (QED) is 0.215. The van der Waals surface area contributed by atoms with E-state index in [-0.39, 0.29) is 5.82 Å². The molecular formula is C29H29FN8. The van der Waals surface area contributed by atoms with E-state index < -0.39 is 0 Å². The van der Waals surface area contributed by atoms with Gasteiger partial charge in [0.25, 0.3) is 0 Å². The van der Waals surface area contributed by atoms with E-state index in [0.717, 1.165) is 62.3 Å². The highest BCUT2D eigenvalue weighted by atomic mass is 19.1. The number of anilines is 1. The summed E-state index contributed by atoms with van der Waals surface area (Å²) in [7, 11) is 4.01. The van der Waals surface area contributed by atoms with Crippen LogP contribution in [0.4, 0.5) is 10.1 Å². The molecule has 0 amide bonds. The minimum atomic E-state index is -0.308. The molecule has 0 aliphatic carbocycles. The summed E-state index contributed by atoms with van der Waals surface area (Å²) in [5, 5.41) is 11.8. The number of rotatable bonds is 9. The summed E-state index contributed by atoms with van der Waals surface area (Å²) >= 11 is 0. The van der Waals surface area contributed by atoms with Crippen LogP contribution >= 0.6 is 0 Å². The van der Waals surface area contributed by atoms with Crippen LogP contribution in [0, 0.1) is 5.82 Å². The van der Waals surface area contributed by atoms with Gasteiger partial charge < -0.3 is 15.2 Å². The van der Waals surface area contributed by atoms with E-state index in [1.165, 1.54) is 18.3 Å². The largest absolute Gasteiger partial charge is 0.384 e. The number of aromatic nitrogens is 5. The van der Waals surface area contributed by atoms with Crippen LogP contribution < -0.4 is 5.32 Å². The van der Waals surface area contributed by atoms with Crippen LogP contribution in [-0.2, 0) is 0 Å². The first-order chi connectivity index (χ1) is 18.5. The number of H-pyrrole nitrogens is 2. The topological polar surface area (TPSA) is 97.9 Å². The summed E-state index contributed by atoms with van der Waals surface area (Å²) in [5.74, 6) is -0.308. The van der Waals surface area contributed by atoms with E-state index >= 15 is 0 Å². The standard InChI is InChI=1S/C29H29FN8/c1-5-18(15-31-6-2)24-7-8-25-28(35-24)29(37-36-25)26-14-22-23(16-32-17-27(22)34-26)19-11-20(30)13-21(12-19)33-9-10-38(3)4/h5-8,11-17,33-34H,2,9-10H2,1,3-4H3,(H,36,37)/b18-5+,31-15?. The van der Waals surface area contributed by atoms with E-state index in [1.54, 1.807) is 18.6 Å². The molecule has 0 spiro atoms. The minimum absolute atomic E-state index is 0.308. The maximum absolute atomic E-state index is 14.6. The van der Waals surface area contributed by atoms with Crippen LogP contribution in [0.25, 0.3) is 50.0 Å². The summed E-state index contributed by atoms with van der Waals surface area (Å²) in [6.45, 7) is 7.13. The van der Waals surface area contributed by atoms with E-state index in [2.05, 4.69) is 42.0 Å². The molecule has 0 aliphatic rings. The second-order valence-corrected chi connectivity index (χ2v) is 9.16. The molecule has 9 heteroatoms. The number of hydrogen-bond donors (Lipinski definition) is 3. The Kier molecular flexibility index (Phi) is 7.10. The molecule has 0 fully saturated rings. The molecule has 4 heterocycles. The summed E-state index contributed by atoms with van der Waals surface area (Å²) in [6.07, 6.45) is 8.68. The number of fused-ring (bicyclic) bond motifs is 2. The van der Waals surface area contributed by atoms with E-state index in [0.29, 0.717) is 12.2 Å². The monoisotopic (exact) mass is 508 g/mol. The zero-order valence-electron chi connectivity index (χ0n) is 21.6. The number of aromatic amines is 2. The van der Waals surface area contributed by atoms with Crippen molar-refractivity contribution in [2.75, 3.05) is 32.5 Å². The summed E-state index contributed by atoms with van der Waals surface area (Å²) in [6, 6.07) is 10.9. The minimum Gasteiger partial charge on any atom is -0.384 e. The number of likely N-dealkylation sites (N-methyl/N-ethyl adjacent to an activating group) is 1. The Hall–Kier alpha value is -4.63. The van der Waals surface area contributed by atoms with E-state index in [1.807, 2.05) is 51.4 Å². The van der Waals surface area contributed by atoms with Crippen molar-refractivity contribution in [1.29, 1.82) is 0 Å². The molecule has 0 radical (unpaired) electrons. The van der Waals surface area contributed by atoms with Gasteiger partial charge in [-0.25, -0.2) is 9.37 Å². The molecule has 38 heavy (non-hydrogen) atoms. The molecule has 1 aromatic carbocycles. The number of pyridine rings is 2. The van der Waals surface area contributed by atoms with Gasteiger partial charge in [0, 0.05) is 53.9 Å². The lowest BCUT2D eigenvalue weighted by atomic mass is 10.0. The van der Waals surface area contributed by atoms with Gasteiger partial charge in [-0.15, -0.1) is 0 Å². The molecule has 192 valence electrons. The van der Waals surface area contributed by atoms with Crippen molar-refractivity contribution >= 4 is 39.4 Å². The van der Waals surface area contributed by atoms with Gasteiger partial charge >= 0.3 is 0 Å². The Labute approximate surface area is 220 Å². The van der Waals surface area contributed by atoms with Crippen LogP contribution in [0.1, 0.15) is 12.6 Å². The number of benzene rings is 1. The zero-order valence-corrected chi connectivity index (χ0v) is 21.6. The highest BCUT2D eigenvalue weighted by Gasteiger charge is 2.16. The first-order valence-electron chi connectivity index (χ1n) is 12.3. The Morgan fingerprint density at radius 3 is 2.82 bits per heavy atom. The van der Waals surface area contributed by atoms with E-state index in [4.69, 9.17) is 4.98 Å². The molecule has 5 rings (SSSR count). The van der Waals surface area contributed by atoms with Gasteiger partial charge in [-0.2, -0.15) is 5.10 Å². The Bertz CT molecular complexity index is 1680. The maximum Gasteiger partial charge on any atom is 0.135 e. The molecule has 3 N–H and O–H groups in total. The van der Waals surface area contributed by atoms with Gasteiger partial charge in [-0.05, 0) is 63.0 Å². The fourth-order valence-electron chi connectivity index (χ4n) is 4.35. The number of halogens is 1. The second kappa shape index (κ2) is 10.8. The lowest BCUT2D eigenvalue weighted by Gasteiger charge is -2.13. The lowest BCUT2D eigenvalue weighted by molar-refractivity contribution is 0.425. The van der Waals surface area contributed by atoms with Gasteiger partial charge in [0.2, 0.25) is 0 Å². The van der Waals surface area contributed by atoms with Crippen molar-refractivity contribution in [3.05, 3.63) is 79.2 Å². The second-order valence-electron chi connectivity index (χ2n) is 9.16. The van der Waals surface area contributed by atoms with Gasteiger partial charge in [-0.3, -0.25) is 15.1 Å². The molecule has 0 unspecified atom stereocenters. The molecule has 8 nitrogen and oxygen atoms in total. The number of aliphatic imine (C=N–C) groups is 1. The van der Waals surface area contributed by atoms with Crippen LogP contribution in [-0.4, -0.2) is 63.4 Å². The predicted octanol–water partition coefficient (Wildman–Crippen LogP) is 5.90. The lowest BCUT2D eigenvalue weighted by Crippen LogP contribution is -2.20. The van der Waals surface area contributed by atoms with Crippen molar-refractivity contribution in [2.24, 2.45) is 4.99 Å². The Balaban J connectivity index is 1.55. The molecule has 0 aliphatic heterocycles. The van der Waals surface area contributed by atoms with Gasteiger partial charge in [0.05, 0.1) is 28.6 Å². The number of nitrogens with one attached hydrogen (secondary N) is 3. The van der Waals surface area contributed by atoms with Gasteiger partial charge in [-0.1, -0.05) is 12.7 Å². The predicted molar refractivity (Wildman–Crippen MR) is 154 cm³/mol. The molecule has 5 aromatic rings. The SMILES string of the molecule is C=CN=C/C(=C\C)c1ccc2[nH]nc(-c3cc4c(-c5cc(F)cc(NCCN(C)C)c5)cncc4[nH]3)c2n1. The molecule has 0 atom stereocenters. The van der Waals surface area contributed by atoms with Crippen molar-refractivity contribution < 1.29 is 4.39 Å². The third kappa shape index (κ3) is 5.09. The van der Waals surface area contributed by atoms with Crippen molar-refractivity contribution in [3.8, 4) is 22.5 Å². The zero-order chi connectivity index (χ0) is 26.6. The molecule has 4 aromatic heterocycles. The van der Waals surface area contributed by atoms with E-state index in [9.17, 15) is 4.39 Å². The fourth-order valence-corrected chi connectivity index (χ4v) is 4.35. The normalized spacial score (nSPS) is 12.3. The molecule has 0 bridgehead atoms. The Morgan fingerprint density at radius 2 is 2.03 bits per heavy atom. The van der Waals surface area contributed by atoms with Crippen molar-refractivity contribution in [3.63, 3.8) is 0 Å². The summed E-state index contributed by atoms with van der Waals surface area (Å²) < 4.78 is 14.6. The average Bonchev–Trinajstić information content (AvgIpc) is 3.52. The third-order valence-corrected chi connectivity index (χ3v) is 6.23. The number of hydrogen-bond acceptors (Lipinski definition) is 6. The van der Waals surface area contributed by atoms with Crippen LogP contribution in [0.2, 0.25) is 0 Å². The Morgan fingerprint density at radius 1 is 1.16 bits per heavy atom. The van der Waals surface area contributed by atoms with Gasteiger partial charge in [0.15, 0.2) is 0 Å². The highest BCUT2D eigenvalue weighted by molar-refractivity contribution is 6.10. The molecular weight excluding hydrogens is 479 g/mol. The molecule has 0 saturated carbocycles. The maximum atomic E-state index is 14.6. The van der Waals surface area contributed by atoms with Crippen LogP contribution in [0.15, 0.2) is 72.6 Å². The van der Waals surface area contributed by atoms with Crippen molar-refractivity contribution in [1.82, 2.24) is 30.0 Å². The van der Waals surface area contributed by atoms with Crippen LogP contribution in [0.3, 0.4) is 0 Å². The van der Waals surface area contributed by atoms with Crippen LogP contribution in [0.5, 0.6) is 0 Å². The highest BCUT2D eigenvalue weighted by Crippen LogP contribution is 2.34. The summed E-state index contributed by atoms with van der Waals surface area (Å²) in [5.41, 5.74) is 7.79. The number of allylic oxidation sites excluding steroid dienone is 2. The fraction of sp³-hybridized carbons (Fsp3) is 0.172.